The zero-order chi connectivity index (χ0) is 26.6. The first-order valence-corrected chi connectivity index (χ1v) is 12.5. The van der Waals surface area contributed by atoms with Crippen molar-refractivity contribution in [1.82, 2.24) is 4.57 Å². The quantitative estimate of drug-likeness (QED) is 0.414. The smallest absolute Gasteiger partial charge is 0.271 e. The number of anilines is 1. The lowest BCUT2D eigenvalue weighted by molar-refractivity contribution is -0.113. The fourth-order valence-electron chi connectivity index (χ4n) is 4.27. The van der Waals surface area contributed by atoms with E-state index in [1.807, 2.05) is 12.1 Å². The van der Waals surface area contributed by atoms with Crippen LogP contribution in [0.15, 0.2) is 99.9 Å². The van der Waals surface area contributed by atoms with E-state index in [2.05, 4.69) is 10.3 Å². The maximum Gasteiger partial charge on any atom is 0.271 e. The van der Waals surface area contributed by atoms with E-state index < -0.39 is 17.8 Å². The largest absolute Gasteiger partial charge is 0.478 e. The molecule has 1 atom stereocenters. The number of thiazole rings is 1. The zero-order valence-corrected chi connectivity index (χ0v) is 21.0. The number of hydrogen-bond acceptors (Lipinski definition) is 6. The van der Waals surface area contributed by atoms with E-state index >= 15 is 0 Å². The number of fused-ring (bicyclic) bond motifs is 1. The molecule has 5 rings (SSSR count). The van der Waals surface area contributed by atoms with Gasteiger partial charge in [-0.2, -0.15) is 5.26 Å². The Balaban J connectivity index is 1.66. The zero-order valence-electron chi connectivity index (χ0n) is 20.2. The molecule has 9 heteroatoms. The van der Waals surface area contributed by atoms with Gasteiger partial charge in [-0.05, 0) is 48.9 Å². The SMILES string of the molecule is CC1=C(C(=O)Nc2ccccc2)[C@@H](c2ccc(F)cc2)n2c(s/c(=C\c3ccccc3OCC#N)c2=O)=N1. The first-order valence-electron chi connectivity index (χ1n) is 11.7. The van der Waals surface area contributed by atoms with Gasteiger partial charge in [0.15, 0.2) is 11.4 Å². The average Bonchev–Trinajstić information content (AvgIpc) is 3.22. The Kier molecular flexibility index (Phi) is 6.98. The van der Waals surface area contributed by atoms with Gasteiger partial charge in [0.1, 0.15) is 17.6 Å². The van der Waals surface area contributed by atoms with Gasteiger partial charge in [-0.1, -0.05) is 59.9 Å². The van der Waals surface area contributed by atoms with Gasteiger partial charge in [0, 0.05) is 11.3 Å². The summed E-state index contributed by atoms with van der Waals surface area (Å²) in [7, 11) is 0. The lowest BCUT2D eigenvalue weighted by Gasteiger charge is -2.25. The van der Waals surface area contributed by atoms with Crippen LogP contribution in [0.25, 0.3) is 6.08 Å². The van der Waals surface area contributed by atoms with Gasteiger partial charge in [-0.3, -0.25) is 14.2 Å². The number of nitrogens with zero attached hydrogens (tertiary/aromatic N) is 3. The molecule has 1 aliphatic rings. The van der Waals surface area contributed by atoms with E-state index in [9.17, 15) is 14.0 Å². The summed E-state index contributed by atoms with van der Waals surface area (Å²) in [4.78, 5) is 32.3. The number of amides is 1. The van der Waals surface area contributed by atoms with Crippen molar-refractivity contribution in [3.63, 3.8) is 0 Å². The Morgan fingerprint density at radius 2 is 1.84 bits per heavy atom. The van der Waals surface area contributed by atoms with Crippen LogP contribution < -0.4 is 24.9 Å². The Bertz CT molecular complexity index is 1770. The Hall–Kier alpha value is -4.81. The van der Waals surface area contributed by atoms with Gasteiger partial charge in [-0.15, -0.1) is 0 Å². The third-order valence-corrected chi connectivity index (χ3v) is 6.96. The first-order chi connectivity index (χ1) is 18.5. The number of nitriles is 1. The Morgan fingerprint density at radius 1 is 1.13 bits per heavy atom. The lowest BCUT2D eigenvalue weighted by Crippen LogP contribution is -2.40. The minimum Gasteiger partial charge on any atom is -0.478 e. The van der Waals surface area contributed by atoms with E-state index in [1.165, 1.54) is 28.0 Å². The molecule has 0 aliphatic carbocycles. The van der Waals surface area contributed by atoms with Crippen molar-refractivity contribution < 1.29 is 13.9 Å². The number of halogens is 1. The van der Waals surface area contributed by atoms with E-state index in [1.54, 1.807) is 73.7 Å². The molecule has 1 aromatic heterocycles. The molecule has 7 nitrogen and oxygen atoms in total. The predicted octanol–water partition coefficient (Wildman–Crippen LogP) is 3.92. The van der Waals surface area contributed by atoms with Crippen LogP contribution in [0.2, 0.25) is 0 Å². The summed E-state index contributed by atoms with van der Waals surface area (Å²) in [5.74, 6) is -0.364. The second kappa shape index (κ2) is 10.7. The summed E-state index contributed by atoms with van der Waals surface area (Å²) in [6.45, 7) is 1.59. The molecule has 0 saturated heterocycles. The van der Waals surface area contributed by atoms with Crippen molar-refractivity contribution in [2.24, 2.45) is 4.99 Å². The number of ether oxygens (including phenoxy) is 1. The van der Waals surface area contributed by atoms with E-state index in [4.69, 9.17) is 10.00 Å². The number of para-hydroxylation sites is 2. The normalized spacial score (nSPS) is 14.9. The number of carbonyl (C=O) groups excluding carboxylic acids is 1. The summed E-state index contributed by atoms with van der Waals surface area (Å²) < 4.78 is 21.2. The highest BCUT2D eigenvalue weighted by Gasteiger charge is 2.32. The van der Waals surface area contributed by atoms with Crippen molar-refractivity contribution in [3.8, 4) is 11.8 Å². The minimum atomic E-state index is -0.817. The van der Waals surface area contributed by atoms with Crippen molar-refractivity contribution in [3.05, 3.63) is 127 Å². The molecule has 0 fully saturated rings. The number of carbonyl (C=O) groups is 1. The fraction of sp³-hybridized carbons (Fsp3) is 0.103. The van der Waals surface area contributed by atoms with Gasteiger partial charge >= 0.3 is 0 Å². The van der Waals surface area contributed by atoms with Crippen LogP contribution >= 0.6 is 11.3 Å². The third-order valence-electron chi connectivity index (χ3n) is 5.98. The van der Waals surface area contributed by atoms with Crippen LogP contribution in [0, 0.1) is 17.1 Å². The van der Waals surface area contributed by atoms with Gasteiger partial charge in [0.2, 0.25) is 0 Å². The molecule has 1 N–H and O–H groups in total. The molecule has 38 heavy (non-hydrogen) atoms. The van der Waals surface area contributed by atoms with Crippen LogP contribution in [-0.4, -0.2) is 17.1 Å². The van der Waals surface area contributed by atoms with Gasteiger partial charge < -0.3 is 10.1 Å². The summed E-state index contributed by atoms with van der Waals surface area (Å²) in [5.41, 5.74) is 2.20. The standard InChI is InChI=1S/C29H21FN4O3S/c1-18-25(27(35)33-22-8-3-2-4-9-22)26(19-11-13-21(30)14-12-19)34-28(36)24(38-29(34)32-18)17-20-7-5-6-10-23(20)37-16-15-31/h2-14,17,26H,16H2,1H3,(H,33,35)/b24-17-/t26-/m1/s1. The molecule has 3 aromatic carbocycles. The number of rotatable bonds is 6. The highest BCUT2D eigenvalue weighted by atomic mass is 32.1. The third kappa shape index (κ3) is 4.90. The van der Waals surface area contributed by atoms with Crippen LogP contribution in [-0.2, 0) is 4.79 Å². The molecule has 188 valence electrons. The molecule has 0 bridgehead atoms. The van der Waals surface area contributed by atoms with Crippen molar-refractivity contribution in [1.29, 1.82) is 5.26 Å². The fourth-order valence-corrected chi connectivity index (χ4v) is 5.31. The molecular formula is C29H21FN4O3S. The first kappa shape index (κ1) is 24.9. The Labute approximate surface area is 221 Å². The van der Waals surface area contributed by atoms with E-state index in [0.29, 0.717) is 37.6 Å². The van der Waals surface area contributed by atoms with Crippen LogP contribution in [0.5, 0.6) is 5.75 Å². The number of nitrogens with one attached hydrogen (secondary N) is 1. The summed E-state index contributed by atoms with van der Waals surface area (Å²) in [5, 5.41) is 11.8. The maximum atomic E-state index is 13.8. The number of hydrogen-bond donors (Lipinski definition) is 1. The number of allylic oxidation sites excluding steroid dienone is 1. The lowest BCUT2D eigenvalue weighted by atomic mass is 9.95. The second-order valence-corrected chi connectivity index (χ2v) is 9.45. The molecule has 1 amide bonds. The van der Waals surface area contributed by atoms with Gasteiger partial charge in [0.25, 0.3) is 11.5 Å². The van der Waals surface area contributed by atoms with Gasteiger partial charge in [-0.25, -0.2) is 9.38 Å². The van der Waals surface area contributed by atoms with Crippen LogP contribution in [0.4, 0.5) is 10.1 Å². The highest BCUT2D eigenvalue weighted by molar-refractivity contribution is 7.07. The average molecular weight is 525 g/mol. The Morgan fingerprint density at radius 3 is 2.58 bits per heavy atom. The molecule has 0 spiro atoms. The number of aromatic nitrogens is 1. The summed E-state index contributed by atoms with van der Waals surface area (Å²) in [6.07, 6.45) is 1.68. The van der Waals surface area contributed by atoms with Crippen molar-refractivity contribution >= 4 is 29.0 Å². The van der Waals surface area contributed by atoms with Crippen molar-refractivity contribution in [2.45, 2.75) is 13.0 Å². The molecule has 0 saturated carbocycles. The molecule has 0 radical (unpaired) electrons. The molecular weight excluding hydrogens is 503 g/mol. The number of benzene rings is 3. The van der Waals surface area contributed by atoms with E-state index in [0.717, 1.165) is 0 Å². The molecule has 0 unspecified atom stereocenters. The topological polar surface area (TPSA) is 96.5 Å². The highest BCUT2D eigenvalue weighted by Crippen LogP contribution is 2.31. The molecule has 4 aromatic rings. The second-order valence-electron chi connectivity index (χ2n) is 8.44. The predicted molar refractivity (Wildman–Crippen MR) is 143 cm³/mol. The monoisotopic (exact) mass is 524 g/mol. The summed E-state index contributed by atoms with van der Waals surface area (Å²) >= 11 is 1.18. The maximum absolute atomic E-state index is 13.8. The van der Waals surface area contributed by atoms with Crippen LogP contribution in [0.3, 0.4) is 0 Å². The van der Waals surface area contributed by atoms with E-state index in [-0.39, 0.29) is 17.7 Å². The van der Waals surface area contributed by atoms with Gasteiger partial charge in [0.05, 0.1) is 21.8 Å². The minimum absolute atomic E-state index is 0.129. The molecule has 1 aliphatic heterocycles. The van der Waals surface area contributed by atoms with Crippen molar-refractivity contribution in [2.75, 3.05) is 11.9 Å². The summed E-state index contributed by atoms with van der Waals surface area (Å²) in [6, 6.07) is 22.9. The van der Waals surface area contributed by atoms with Crippen LogP contribution in [0.1, 0.15) is 24.1 Å². The molecule has 2 heterocycles.